The molecule has 0 aliphatic heterocycles. The van der Waals surface area contributed by atoms with Gasteiger partial charge in [-0.1, -0.05) is 11.6 Å². The lowest BCUT2D eigenvalue weighted by Gasteiger charge is -2.15. The normalized spacial score (nSPS) is 11.6. The molecule has 2 amide bonds. The van der Waals surface area contributed by atoms with E-state index in [4.69, 9.17) is 17.3 Å². The lowest BCUT2D eigenvalue weighted by atomic mass is 10.1. The quantitative estimate of drug-likeness (QED) is 0.726. The third-order valence-electron chi connectivity index (χ3n) is 2.20. The Kier molecular flexibility index (Phi) is 4.78. The zero-order valence-corrected chi connectivity index (χ0v) is 10.1. The van der Waals surface area contributed by atoms with Crippen LogP contribution in [0.25, 0.3) is 0 Å². The minimum absolute atomic E-state index is 0.00550. The molecule has 0 radical (unpaired) electrons. The molecule has 1 atom stereocenters. The summed E-state index contributed by atoms with van der Waals surface area (Å²) in [6.45, 7) is 0. The summed E-state index contributed by atoms with van der Waals surface area (Å²) >= 11 is 5.73. The van der Waals surface area contributed by atoms with Crippen LogP contribution in [0.5, 0.6) is 0 Å². The maximum atomic E-state index is 11.2. The molecule has 5 nitrogen and oxygen atoms in total. The molecule has 0 spiro atoms. The molecule has 0 fully saturated rings. The molecule has 0 saturated heterocycles. The highest BCUT2D eigenvalue weighted by atomic mass is 35.5. The van der Waals surface area contributed by atoms with Gasteiger partial charge in [0.2, 0.25) is 11.8 Å². The van der Waals surface area contributed by atoms with E-state index in [-0.39, 0.29) is 12.3 Å². The van der Waals surface area contributed by atoms with Gasteiger partial charge in [0.1, 0.15) is 6.04 Å². The van der Waals surface area contributed by atoms with Crippen molar-refractivity contribution < 1.29 is 9.59 Å². The van der Waals surface area contributed by atoms with Gasteiger partial charge in [0.15, 0.2) is 0 Å². The van der Waals surface area contributed by atoms with Crippen molar-refractivity contribution in [1.82, 2.24) is 5.32 Å². The standard InChI is InChI=1S/C11H14ClN3O2/c1-14-10(16)6-9(11(13)17)15-8-4-2-7(12)3-5-8/h2-5,9,15H,6H2,1H3,(H2,13,17)(H,14,16). The molecule has 1 rings (SSSR count). The van der Waals surface area contributed by atoms with Crippen LogP contribution in [0.2, 0.25) is 5.02 Å². The number of rotatable bonds is 5. The second-order valence-electron chi connectivity index (χ2n) is 3.48. The summed E-state index contributed by atoms with van der Waals surface area (Å²) in [5, 5.41) is 5.91. The van der Waals surface area contributed by atoms with Gasteiger partial charge in [-0.05, 0) is 24.3 Å². The van der Waals surface area contributed by atoms with Gasteiger partial charge in [-0.15, -0.1) is 0 Å². The van der Waals surface area contributed by atoms with Crippen molar-refractivity contribution in [3.05, 3.63) is 29.3 Å². The summed E-state index contributed by atoms with van der Waals surface area (Å²) < 4.78 is 0. The molecule has 92 valence electrons. The van der Waals surface area contributed by atoms with Gasteiger partial charge in [0, 0.05) is 17.8 Å². The zero-order valence-electron chi connectivity index (χ0n) is 9.37. The van der Waals surface area contributed by atoms with Crippen LogP contribution in [-0.4, -0.2) is 24.9 Å². The van der Waals surface area contributed by atoms with Crippen LogP contribution in [-0.2, 0) is 9.59 Å². The minimum atomic E-state index is -0.740. The van der Waals surface area contributed by atoms with E-state index in [2.05, 4.69) is 10.6 Å². The highest BCUT2D eigenvalue weighted by Crippen LogP contribution is 2.14. The van der Waals surface area contributed by atoms with Gasteiger partial charge in [0.25, 0.3) is 0 Å². The fraction of sp³-hybridized carbons (Fsp3) is 0.273. The SMILES string of the molecule is CNC(=O)CC(Nc1ccc(Cl)cc1)C(N)=O. The second kappa shape index (κ2) is 6.10. The van der Waals surface area contributed by atoms with E-state index in [0.29, 0.717) is 10.7 Å². The number of nitrogens with one attached hydrogen (secondary N) is 2. The van der Waals surface area contributed by atoms with E-state index in [1.165, 1.54) is 7.05 Å². The molecule has 0 aromatic heterocycles. The molecule has 17 heavy (non-hydrogen) atoms. The molecule has 0 bridgehead atoms. The van der Waals surface area contributed by atoms with Gasteiger partial charge in [-0.2, -0.15) is 0 Å². The van der Waals surface area contributed by atoms with Crippen molar-refractivity contribution in [2.24, 2.45) is 5.73 Å². The molecule has 0 aliphatic rings. The van der Waals surface area contributed by atoms with E-state index in [1.807, 2.05) is 0 Å². The fourth-order valence-corrected chi connectivity index (χ4v) is 1.38. The van der Waals surface area contributed by atoms with E-state index in [1.54, 1.807) is 24.3 Å². The van der Waals surface area contributed by atoms with E-state index in [0.717, 1.165) is 0 Å². The maximum Gasteiger partial charge on any atom is 0.240 e. The maximum absolute atomic E-state index is 11.2. The van der Waals surface area contributed by atoms with E-state index < -0.39 is 11.9 Å². The van der Waals surface area contributed by atoms with Gasteiger partial charge in [-0.25, -0.2) is 0 Å². The Morgan fingerprint density at radius 1 is 1.35 bits per heavy atom. The first-order valence-electron chi connectivity index (χ1n) is 5.05. The third kappa shape index (κ3) is 4.32. The van der Waals surface area contributed by atoms with Crippen molar-refractivity contribution >= 4 is 29.1 Å². The van der Waals surface area contributed by atoms with Crippen LogP contribution in [0.3, 0.4) is 0 Å². The third-order valence-corrected chi connectivity index (χ3v) is 2.45. The van der Waals surface area contributed by atoms with E-state index >= 15 is 0 Å². The molecule has 0 saturated carbocycles. The fourth-order valence-electron chi connectivity index (χ4n) is 1.26. The minimum Gasteiger partial charge on any atom is -0.373 e. The van der Waals surface area contributed by atoms with Crippen molar-refractivity contribution in [2.75, 3.05) is 12.4 Å². The number of carbonyl (C=O) groups excluding carboxylic acids is 2. The Hall–Kier alpha value is -1.75. The van der Waals surface area contributed by atoms with Crippen LogP contribution in [0.1, 0.15) is 6.42 Å². The van der Waals surface area contributed by atoms with Crippen molar-refractivity contribution in [3.8, 4) is 0 Å². The largest absolute Gasteiger partial charge is 0.373 e. The molecule has 1 unspecified atom stereocenters. The van der Waals surface area contributed by atoms with Crippen molar-refractivity contribution in [3.63, 3.8) is 0 Å². The van der Waals surface area contributed by atoms with E-state index in [9.17, 15) is 9.59 Å². The molecular weight excluding hydrogens is 242 g/mol. The molecule has 6 heteroatoms. The molecular formula is C11H14ClN3O2. The number of hydrogen-bond donors (Lipinski definition) is 3. The second-order valence-corrected chi connectivity index (χ2v) is 3.92. The molecule has 4 N–H and O–H groups in total. The van der Waals surface area contributed by atoms with Crippen molar-refractivity contribution in [1.29, 1.82) is 0 Å². The average Bonchev–Trinajstić information content (AvgIpc) is 2.30. The number of amides is 2. The highest BCUT2D eigenvalue weighted by molar-refractivity contribution is 6.30. The summed E-state index contributed by atoms with van der Waals surface area (Å²) in [5.41, 5.74) is 5.89. The number of halogens is 1. The highest BCUT2D eigenvalue weighted by Gasteiger charge is 2.18. The zero-order chi connectivity index (χ0) is 12.8. The number of benzene rings is 1. The smallest absolute Gasteiger partial charge is 0.240 e. The van der Waals surface area contributed by atoms with Crippen LogP contribution >= 0.6 is 11.6 Å². The Bertz CT molecular complexity index is 406. The number of nitrogens with two attached hydrogens (primary N) is 1. The predicted octanol–water partition coefficient (Wildman–Crippen LogP) is 0.742. The molecule has 1 aromatic carbocycles. The van der Waals surface area contributed by atoms with Gasteiger partial charge >= 0.3 is 0 Å². The summed E-state index contributed by atoms with van der Waals surface area (Å²) in [5.74, 6) is -0.834. The first-order chi connectivity index (χ1) is 8.02. The monoisotopic (exact) mass is 255 g/mol. The lowest BCUT2D eigenvalue weighted by molar-refractivity contribution is -0.125. The Labute approximate surface area is 104 Å². The molecule has 0 aliphatic carbocycles. The van der Waals surface area contributed by atoms with Crippen LogP contribution in [0.4, 0.5) is 5.69 Å². The summed E-state index contributed by atoms with van der Waals surface area (Å²) in [7, 11) is 1.50. The average molecular weight is 256 g/mol. The van der Waals surface area contributed by atoms with Gasteiger partial charge < -0.3 is 16.4 Å². The first-order valence-corrected chi connectivity index (χ1v) is 5.42. The molecule has 1 aromatic rings. The lowest BCUT2D eigenvalue weighted by Crippen LogP contribution is -2.39. The summed E-state index contributed by atoms with van der Waals surface area (Å²) in [4.78, 5) is 22.4. The number of hydrogen-bond acceptors (Lipinski definition) is 3. The van der Waals surface area contributed by atoms with Crippen molar-refractivity contribution in [2.45, 2.75) is 12.5 Å². The summed E-state index contributed by atoms with van der Waals surface area (Å²) in [6.07, 6.45) is -0.00550. The molecule has 0 heterocycles. The van der Waals surface area contributed by atoms with Gasteiger partial charge in [-0.3, -0.25) is 9.59 Å². The topological polar surface area (TPSA) is 84.2 Å². The number of anilines is 1. The number of carbonyl (C=O) groups is 2. The van der Waals surface area contributed by atoms with Crippen LogP contribution in [0.15, 0.2) is 24.3 Å². The Morgan fingerprint density at radius 2 is 1.94 bits per heavy atom. The number of primary amides is 1. The Morgan fingerprint density at radius 3 is 2.41 bits per heavy atom. The van der Waals surface area contributed by atoms with Crippen LogP contribution < -0.4 is 16.4 Å². The first kappa shape index (κ1) is 13.3. The Balaban J connectivity index is 2.70. The van der Waals surface area contributed by atoms with Gasteiger partial charge in [0.05, 0.1) is 6.42 Å². The summed E-state index contributed by atoms with van der Waals surface area (Å²) in [6, 6.07) is 6.05. The van der Waals surface area contributed by atoms with Crippen LogP contribution in [0, 0.1) is 0 Å². The predicted molar refractivity (Wildman–Crippen MR) is 66.7 cm³/mol.